The van der Waals surface area contributed by atoms with E-state index < -0.39 is 17.2 Å². The van der Waals surface area contributed by atoms with Gasteiger partial charge in [-0.25, -0.2) is 4.79 Å². The van der Waals surface area contributed by atoms with Gasteiger partial charge in [0.05, 0.1) is 11.2 Å². The smallest absolute Gasteiger partial charge is 0.349 e. The van der Waals surface area contributed by atoms with Gasteiger partial charge in [0.2, 0.25) is 0 Å². The van der Waals surface area contributed by atoms with E-state index in [2.05, 4.69) is 15.1 Å². The summed E-state index contributed by atoms with van der Waals surface area (Å²) in [5.74, 6) is -0.761. The van der Waals surface area contributed by atoms with Crippen LogP contribution in [0.4, 0.5) is 0 Å². The molecule has 2 aliphatic carbocycles. The summed E-state index contributed by atoms with van der Waals surface area (Å²) in [6.07, 6.45) is 1.79. The van der Waals surface area contributed by atoms with Crippen LogP contribution >= 0.6 is 34.8 Å². The lowest BCUT2D eigenvalue weighted by Gasteiger charge is -2.43. The second-order valence-electron chi connectivity index (χ2n) is 8.93. The Hall–Kier alpha value is -2.56. The van der Waals surface area contributed by atoms with Crippen LogP contribution < -0.4 is 11.5 Å². The van der Waals surface area contributed by atoms with E-state index in [9.17, 15) is 15.0 Å². The van der Waals surface area contributed by atoms with Crippen LogP contribution in [0.3, 0.4) is 0 Å². The number of carbonyl (C=O) groups is 1. The number of oxime groups is 2. The number of hydrogen-bond donors (Lipinski definition) is 5. The summed E-state index contributed by atoms with van der Waals surface area (Å²) >= 11 is 16.8. The largest absolute Gasteiger partial charge is 0.409 e. The van der Waals surface area contributed by atoms with Crippen molar-refractivity contribution in [1.82, 2.24) is 0 Å². The van der Waals surface area contributed by atoms with Crippen molar-refractivity contribution in [1.29, 1.82) is 0 Å². The number of amidine groups is 2. The molecule has 36 heavy (non-hydrogen) atoms. The van der Waals surface area contributed by atoms with Crippen LogP contribution in [-0.4, -0.2) is 38.9 Å². The van der Waals surface area contributed by atoms with Gasteiger partial charge in [-0.3, -0.25) is 0 Å². The van der Waals surface area contributed by atoms with Gasteiger partial charge in [0.15, 0.2) is 0 Å². The molecule has 0 atom stereocenters. The van der Waals surface area contributed by atoms with Crippen molar-refractivity contribution in [2.75, 3.05) is 5.88 Å². The first-order valence-corrected chi connectivity index (χ1v) is 12.3. The zero-order valence-electron chi connectivity index (χ0n) is 19.2. The number of halogens is 3. The highest BCUT2D eigenvalue weighted by Gasteiger charge is 2.46. The maximum atomic E-state index is 10.8. The number of nitrogens with two attached hydrogens (primary N) is 2. The number of hydrogen-bond acceptors (Lipinski definition) is 7. The highest BCUT2D eigenvalue weighted by Crippen LogP contribution is 2.46. The SMILES string of the molecule is N/C(=N\O)C1CC(O)(c2ccc(Cl)cc2)C1.N/C(=N\OC(=O)CCl)C1CC(O)(c2ccc(Cl)cc2)C1. The van der Waals surface area contributed by atoms with Gasteiger partial charge in [-0.1, -0.05) is 57.8 Å². The van der Waals surface area contributed by atoms with Gasteiger partial charge >= 0.3 is 5.97 Å². The monoisotopic (exact) mass is 556 g/mol. The van der Waals surface area contributed by atoms with Crippen molar-refractivity contribution in [2.24, 2.45) is 33.6 Å². The molecule has 0 amide bonds. The predicted octanol–water partition coefficient (Wildman–Crippen LogP) is 3.68. The summed E-state index contributed by atoms with van der Waals surface area (Å²) in [6, 6.07) is 14.1. The Balaban J connectivity index is 0.000000205. The topological polar surface area (TPSA) is 164 Å². The molecule has 2 fully saturated rings. The third-order valence-corrected chi connectivity index (χ3v) is 7.14. The van der Waals surface area contributed by atoms with E-state index in [-0.39, 0.29) is 29.4 Å². The Labute approximate surface area is 223 Å². The number of alkyl halides is 1. The molecule has 0 radical (unpaired) electrons. The first kappa shape index (κ1) is 28.0. The second-order valence-corrected chi connectivity index (χ2v) is 10.1. The van der Waals surface area contributed by atoms with Crippen molar-refractivity contribution in [3.63, 3.8) is 0 Å². The maximum absolute atomic E-state index is 10.8. The average molecular weight is 558 g/mol. The van der Waals surface area contributed by atoms with E-state index in [0.717, 1.165) is 11.1 Å². The number of carbonyl (C=O) groups excluding carboxylic acids is 1. The molecule has 2 aromatic carbocycles. The lowest BCUT2D eigenvalue weighted by Crippen LogP contribution is -2.46. The van der Waals surface area contributed by atoms with Crippen molar-refractivity contribution < 1.29 is 25.1 Å². The molecule has 2 aliphatic rings. The van der Waals surface area contributed by atoms with E-state index in [0.29, 0.717) is 35.7 Å². The number of aliphatic hydroxyl groups is 2. The number of rotatable bonds is 6. The minimum absolute atomic E-state index is 0.0503. The van der Waals surface area contributed by atoms with Crippen LogP contribution in [0.5, 0.6) is 0 Å². The Morgan fingerprint density at radius 2 is 1.25 bits per heavy atom. The summed E-state index contributed by atoms with van der Waals surface area (Å²) in [4.78, 5) is 15.3. The van der Waals surface area contributed by atoms with E-state index in [1.165, 1.54) is 0 Å². The van der Waals surface area contributed by atoms with Crippen molar-refractivity contribution >= 4 is 52.4 Å². The second kappa shape index (κ2) is 11.7. The Morgan fingerprint density at radius 1 is 0.861 bits per heavy atom. The highest BCUT2D eigenvalue weighted by atomic mass is 35.5. The van der Waals surface area contributed by atoms with Crippen LogP contribution in [0.25, 0.3) is 0 Å². The Kier molecular flexibility index (Phi) is 9.08. The molecule has 2 saturated carbocycles. The Morgan fingerprint density at radius 3 is 1.61 bits per heavy atom. The molecule has 12 heteroatoms. The van der Waals surface area contributed by atoms with Crippen LogP contribution in [0.1, 0.15) is 36.8 Å². The van der Waals surface area contributed by atoms with E-state index in [4.69, 9.17) is 51.5 Å². The lowest BCUT2D eigenvalue weighted by molar-refractivity contribution is -0.140. The molecule has 0 aliphatic heterocycles. The standard InChI is InChI=1S/C13H14Cl2N2O3.C11H13ClN2O2/c14-7-11(18)20-17-12(16)8-5-13(19,6-8)9-1-3-10(15)4-2-9;12-9-3-1-8(2-4-9)11(15)5-7(6-11)10(13)14-16/h1-4,8,19H,5-7H2,(H2,16,17);1-4,7,15-16H,5-6H2,(H2,13,14). The molecule has 0 bridgehead atoms. The quantitative estimate of drug-likeness (QED) is 0.0903. The molecule has 9 nitrogen and oxygen atoms in total. The van der Waals surface area contributed by atoms with Crippen LogP contribution in [0, 0.1) is 11.8 Å². The third kappa shape index (κ3) is 6.60. The van der Waals surface area contributed by atoms with E-state index in [1.807, 2.05) is 0 Å². The van der Waals surface area contributed by atoms with Crippen LogP contribution in [0.2, 0.25) is 10.0 Å². The highest BCUT2D eigenvalue weighted by molar-refractivity contribution is 6.30. The fourth-order valence-electron chi connectivity index (χ4n) is 4.21. The fraction of sp³-hybridized carbons (Fsp3) is 0.375. The van der Waals surface area contributed by atoms with Gasteiger partial charge in [-0.05, 0) is 61.1 Å². The molecule has 7 N–H and O–H groups in total. The summed E-state index contributed by atoms with van der Waals surface area (Å²) in [5, 5.41) is 36.9. The summed E-state index contributed by atoms with van der Waals surface area (Å²) in [7, 11) is 0. The zero-order valence-corrected chi connectivity index (χ0v) is 21.4. The van der Waals surface area contributed by atoms with Gasteiger partial charge in [0.1, 0.15) is 17.6 Å². The summed E-state index contributed by atoms with van der Waals surface area (Å²) in [6.45, 7) is 0. The molecule has 2 aromatic rings. The van der Waals surface area contributed by atoms with Crippen molar-refractivity contribution in [3.05, 3.63) is 69.7 Å². The molecule has 0 heterocycles. The number of nitrogens with zero attached hydrogens (tertiary/aromatic N) is 2. The molecule has 0 saturated heterocycles. The molecule has 4 rings (SSSR count). The van der Waals surface area contributed by atoms with E-state index >= 15 is 0 Å². The molecular formula is C24H27Cl3N4O5. The van der Waals surface area contributed by atoms with E-state index in [1.54, 1.807) is 48.5 Å². The lowest BCUT2D eigenvalue weighted by atomic mass is 9.67. The number of benzene rings is 2. The third-order valence-electron chi connectivity index (χ3n) is 6.41. The molecule has 0 aromatic heterocycles. The van der Waals surface area contributed by atoms with Crippen LogP contribution in [-0.2, 0) is 20.8 Å². The zero-order chi connectivity index (χ0) is 26.5. The molecule has 194 valence electrons. The molecule has 0 spiro atoms. The van der Waals surface area contributed by atoms with Gasteiger partial charge in [-0.15, -0.1) is 11.6 Å². The minimum Gasteiger partial charge on any atom is -0.409 e. The predicted molar refractivity (Wildman–Crippen MR) is 138 cm³/mol. The van der Waals surface area contributed by atoms with Gasteiger partial charge in [-0.2, -0.15) is 0 Å². The van der Waals surface area contributed by atoms with Gasteiger partial charge in [0.25, 0.3) is 0 Å². The first-order valence-electron chi connectivity index (χ1n) is 11.0. The first-order chi connectivity index (χ1) is 17.0. The fourth-order valence-corrected chi connectivity index (χ4v) is 4.51. The van der Waals surface area contributed by atoms with Crippen molar-refractivity contribution in [3.8, 4) is 0 Å². The maximum Gasteiger partial charge on any atom is 0.349 e. The van der Waals surface area contributed by atoms with Crippen LogP contribution in [0.15, 0.2) is 58.8 Å². The van der Waals surface area contributed by atoms with Gasteiger partial charge < -0.3 is 31.7 Å². The Bertz CT molecular complexity index is 1110. The normalized spacial score (nSPS) is 27.7. The minimum atomic E-state index is -0.939. The summed E-state index contributed by atoms with van der Waals surface area (Å²) < 4.78 is 0. The summed E-state index contributed by atoms with van der Waals surface area (Å²) in [5.41, 5.74) is 11.0. The molecule has 0 unspecified atom stereocenters. The van der Waals surface area contributed by atoms with Crippen molar-refractivity contribution in [2.45, 2.75) is 36.9 Å². The average Bonchev–Trinajstić information content (AvgIpc) is 2.84. The molecular weight excluding hydrogens is 531 g/mol. The van der Waals surface area contributed by atoms with Gasteiger partial charge in [0, 0.05) is 21.9 Å².